The number of rotatable bonds is 5. The van der Waals surface area contributed by atoms with Crippen molar-refractivity contribution in [3.63, 3.8) is 0 Å². The van der Waals surface area contributed by atoms with Gasteiger partial charge in [-0.05, 0) is 55.0 Å². The van der Waals surface area contributed by atoms with E-state index in [4.69, 9.17) is 0 Å². The number of benzene rings is 2. The lowest BCUT2D eigenvalue weighted by atomic mass is 10.1. The number of carbonyl (C=O) groups is 1. The van der Waals surface area contributed by atoms with Gasteiger partial charge in [0, 0.05) is 37.1 Å². The SMILES string of the molecule is Cc1ccc(C)c2[nH]c(C(=O)NCc3ccc(CN4CCC(O)CC4)cc3)cc12. The van der Waals surface area contributed by atoms with Crippen LogP contribution in [-0.4, -0.2) is 40.1 Å². The second kappa shape index (κ2) is 8.39. The quantitative estimate of drug-likeness (QED) is 0.622. The third-order valence-electron chi connectivity index (χ3n) is 5.90. The fourth-order valence-electron chi connectivity index (χ4n) is 4.00. The molecule has 1 aliphatic heterocycles. The van der Waals surface area contributed by atoms with Gasteiger partial charge in [-0.1, -0.05) is 36.4 Å². The standard InChI is InChI=1S/C24H29N3O2/c1-16-3-4-17(2)23-21(16)13-22(26-23)24(29)25-14-18-5-7-19(8-6-18)15-27-11-9-20(28)10-12-27/h3-8,13,20,26,28H,9-12,14-15H2,1-2H3,(H,25,29). The molecule has 0 saturated carbocycles. The molecule has 2 aromatic carbocycles. The van der Waals surface area contributed by atoms with Crippen LogP contribution in [0.2, 0.25) is 0 Å². The first-order chi connectivity index (χ1) is 14.0. The predicted octanol–water partition coefficient (Wildman–Crippen LogP) is 3.67. The highest BCUT2D eigenvalue weighted by atomic mass is 16.3. The minimum Gasteiger partial charge on any atom is -0.393 e. The van der Waals surface area contributed by atoms with Gasteiger partial charge >= 0.3 is 0 Å². The average molecular weight is 392 g/mol. The normalized spacial score (nSPS) is 15.7. The largest absolute Gasteiger partial charge is 0.393 e. The van der Waals surface area contributed by atoms with Gasteiger partial charge in [0.15, 0.2) is 0 Å². The van der Waals surface area contributed by atoms with Gasteiger partial charge < -0.3 is 15.4 Å². The van der Waals surface area contributed by atoms with Crippen molar-refractivity contribution in [2.24, 2.45) is 0 Å². The molecule has 2 heterocycles. The number of hydrogen-bond acceptors (Lipinski definition) is 3. The Morgan fingerprint density at radius 2 is 1.72 bits per heavy atom. The molecular weight excluding hydrogens is 362 g/mol. The third-order valence-corrected chi connectivity index (χ3v) is 5.90. The third kappa shape index (κ3) is 4.52. The van der Waals surface area contributed by atoms with Gasteiger partial charge in [0.05, 0.1) is 6.10 Å². The minimum absolute atomic E-state index is 0.0871. The average Bonchev–Trinajstić information content (AvgIpc) is 3.19. The Kier molecular flexibility index (Phi) is 5.69. The lowest BCUT2D eigenvalue weighted by Crippen LogP contribution is -2.35. The maximum atomic E-state index is 12.6. The van der Waals surface area contributed by atoms with Crippen LogP contribution in [0, 0.1) is 13.8 Å². The highest BCUT2D eigenvalue weighted by molar-refractivity contribution is 5.99. The molecular formula is C24H29N3O2. The summed E-state index contributed by atoms with van der Waals surface area (Å²) in [6, 6.07) is 14.5. The first-order valence-corrected chi connectivity index (χ1v) is 10.3. The molecule has 0 bridgehead atoms. The number of aryl methyl sites for hydroxylation is 2. The Morgan fingerprint density at radius 3 is 2.41 bits per heavy atom. The number of aliphatic hydroxyl groups is 1. The number of likely N-dealkylation sites (tertiary alicyclic amines) is 1. The summed E-state index contributed by atoms with van der Waals surface area (Å²) in [6.45, 7) is 7.42. The molecule has 152 valence electrons. The second-order valence-corrected chi connectivity index (χ2v) is 8.18. The Balaban J connectivity index is 1.35. The van der Waals surface area contributed by atoms with Crippen LogP contribution in [0.1, 0.15) is 45.6 Å². The number of carbonyl (C=O) groups excluding carboxylic acids is 1. The van der Waals surface area contributed by atoms with E-state index >= 15 is 0 Å². The van der Waals surface area contributed by atoms with E-state index < -0.39 is 0 Å². The van der Waals surface area contributed by atoms with E-state index in [1.807, 2.05) is 13.0 Å². The van der Waals surface area contributed by atoms with Gasteiger partial charge in [0.2, 0.25) is 0 Å². The first-order valence-electron chi connectivity index (χ1n) is 10.3. The van der Waals surface area contributed by atoms with Crippen molar-refractivity contribution in [1.82, 2.24) is 15.2 Å². The van der Waals surface area contributed by atoms with Gasteiger partial charge in [0.1, 0.15) is 5.69 Å². The van der Waals surface area contributed by atoms with Crippen LogP contribution in [0.4, 0.5) is 0 Å². The molecule has 1 aromatic heterocycles. The Morgan fingerprint density at radius 1 is 1.07 bits per heavy atom. The maximum Gasteiger partial charge on any atom is 0.267 e. The number of fused-ring (bicyclic) bond motifs is 1. The molecule has 1 aliphatic rings. The Hall–Kier alpha value is -2.63. The molecule has 0 aliphatic carbocycles. The summed E-state index contributed by atoms with van der Waals surface area (Å²) in [5.41, 5.74) is 6.28. The van der Waals surface area contributed by atoms with Crippen molar-refractivity contribution in [3.8, 4) is 0 Å². The zero-order chi connectivity index (χ0) is 20.4. The topological polar surface area (TPSA) is 68.4 Å². The second-order valence-electron chi connectivity index (χ2n) is 8.18. The number of amides is 1. The molecule has 0 atom stereocenters. The molecule has 29 heavy (non-hydrogen) atoms. The minimum atomic E-state index is -0.137. The molecule has 4 rings (SSSR count). The van der Waals surface area contributed by atoms with E-state index in [9.17, 15) is 9.90 Å². The van der Waals surface area contributed by atoms with Crippen LogP contribution in [0.25, 0.3) is 10.9 Å². The molecule has 1 fully saturated rings. The van der Waals surface area contributed by atoms with Crippen molar-refractivity contribution in [1.29, 1.82) is 0 Å². The predicted molar refractivity (Wildman–Crippen MR) is 116 cm³/mol. The van der Waals surface area contributed by atoms with Gasteiger partial charge in [-0.2, -0.15) is 0 Å². The summed E-state index contributed by atoms with van der Waals surface area (Å²) < 4.78 is 0. The molecule has 3 N–H and O–H groups in total. The van der Waals surface area contributed by atoms with E-state index in [2.05, 4.69) is 58.5 Å². The molecule has 5 heteroatoms. The number of aromatic nitrogens is 1. The monoisotopic (exact) mass is 391 g/mol. The van der Waals surface area contributed by atoms with E-state index in [0.717, 1.165) is 54.5 Å². The summed E-state index contributed by atoms with van der Waals surface area (Å²) in [7, 11) is 0. The van der Waals surface area contributed by atoms with Gasteiger partial charge in [-0.3, -0.25) is 9.69 Å². The lowest BCUT2D eigenvalue weighted by molar-refractivity contribution is 0.0792. The lowest BCUT2D eigenvalue weighted by Gasteiger charge is -2.29. The van der Waals surface area contributed by atoms with Gasteiger partial charge in [0.25, 0.3) is 5.91 Å². The zero-order valence-electron chi connectivity index (χ0n) is 17.2. The van der Waals surface area contributed by atoms with E-state index in [0.29, 0.717) is 12.2 Å². The summed E-state index contributed by atoms with van der Waals surface area (Å²) in [5, 5.41) is 13.7. The van der Waals surface area contributed by atoms with Gasteiger partial charge in [-0.25, -0.2) is 0 Å². The maximum absolute atomic E-state index is 12.6. The fraction of sp³-hybridized carbons (Fsp3) is 0.375. The highest BCUT2D eigenvalue weighted by Crippen LogP contribution is 2.23. The fourth-order valence-corrected chi connectivity index (χ4v) is 4.00. The van der Waals surface area contributed by atoms with Crippen molar-refractivity contribution in [2.45, 2.75) is 45.9 Å². The smallest absolute Gasteiger partial charge is 0.267 e. The molecule has 0 spiro atoms. The van der Waals surface area contributed by atoms with Crippen molar-refractivity contribution in [3.05, 3.63) is 70.4 Å². The number of piperidine rings is 1. The Labute approximate surface area is 171 Å². The number of nitrogens with zero attached hydrogens (tertiary/aromatic N) is 1. The van der Waals surface area contributed by atoms with Crippen molar-refractivity contribution in [2.75, 3.05) is 13.1 Å². The number of aliphatic hydroxyl groups excluding tert-OH is 1. The van der Waals surface area contributed by atoms with Crippen LogP contribution in [0.15, 0.2) is 42.5 Å². The molecule has 0 unspecified atom stereocenters. The summed E-state index contributed by atoms with van der Waals surface area (Å²) in [4.78, 5) is 18.2. The summed E-state index contributed by atoms with van der Waals surface area (Å²) >= 11 is 0. The van der Waals surface area contributed by atoms with Crippen molar-refractivity contribution < 1.29 is 9.90 Å². The van der Waals surface area contributed by atoms with Crippen LogP contribution in [0.3, 0.4) is 0 Å². The molecule has 1 amide bonds. The van der Waals surface area contributed by atoms with E-state index in [-0.39, 0.29) is 12.0 Å². The molecule has 5 nitrogen and oxygen atoms in total. The number of nitrogens with one attached hydrogen (secondary N) is 2. The van der Waals surface area contributed by atoms with Crippen LogP contribution in [0.5, 0.6) is 0 Å². The first kappa shape index (κ1) is 19.7. The summed E-state index contributed by atoms with van der Waals surface area (Å²) in [6.07, 6.45) is 1.58. The van der Waals surface area contributed by atoms with Crippen LogP contribution >= 0.6 is 0 Å². The van der Waals surface area contributed by atoms with E-state index in [1.165, 1.54) is 11.1 Å². The molecule has 0 radical (unpaired) electrons. The van der Waals surface area contributed by atoms with E-state index in [1.54, 1.807) is 0 Å². The number of aromatic amines is 1. The van der Waals surface area contributed by atoms with Crippen molar-refractivity contribution >= 4 is 16.8 Å². The molecule has 3 aromatic rings. The molecule has 1 saturated heterocycles. The van der Waals surface area contributed by atoms with Crippen LogP contribution in [-0.2, 0) is 13.1 Å². The zero-order valence-corrected chi connectivity index (χ0v) is 17.2. The Bertz CT molecular complexity index is 960. The van der Waals surface area contributed by atoms with Gasteiger partial charge in [-0.15, -0.1) is 0 Å². The summed E-state index contributed by atoms with van der Waals surface area (Å²) in [5.74, 6) is -0.0871. The van der Waals surface area contributed by atoms with Crippen LogP contribution < -0.4 is 5.32 Å². The number of H-pyrrole nitrogens is 1. The highest BCUT2D eigenvalue weighted by Gasteiger charge is 2.17. The number of hydrogen-bond donors (Lipinski definition) is 3.